The quantitative estimate of drug-likeness (QED) is 0.717. The molecule has 0 saturated heterocycles. The molecule has 0 bridgehead atoms. The van der Waals surface area contributed by atoms with Gasteiger partial charge in [0.05, 0.1) is 6.61 Å². The number of hydrogen-bond acceptors (Lipinski definition) is 5. The average Bonchev–Trinajstić information content (AvgIpc) is 2.27. The Labute approximate surface area is 100 Å². The summed E-state index contributed by atoms with van der Waals surface area (Å²) in [6.45, 7) is 3.52. The standard InChI is InChI=1S/C10H16N4OS/c1-7(6-15-2)5-13-10-12-4-3-8(14-10)9(11)16/h3-4,7H,5-6H2,1-2H3,(H2,11,16)(H,12,13,14). The van der Waals surface area contributed by atoms with Gasteiger partial charge in [-0.15, -0.1) is 0 Å². The van der Waals surface area contributed by atoms with E-state index >= 15 is 0 Å². The van der Waals surface area contributed by atoms with Crippen molar-refractivity contribution in [3.8, 4) is 0 Å². The molecule has 1 atom stereocenters. The van der Waals surface area contributed by atoms with Crippen LogP contribution < -0.4 is 11.1 Å². The molecule has 0 fully saturated rings. The average molecular weight is 240 g/mol. The highest BCUT2D eigenvalue weighted by Gasteiger charge is 2.04. The van der Waals surface area contributed by atoms with E-state index in [1.807, 2.05) is 0 Å². The number of nitrogens with two attached hydrogens (primary N) is 1. The van der Waals surface area contributed by atoms with Crippen LogP contribution >= 0.6 is 12.2 Å². The van der Waals surface area contributed by atoms with Crippen LogP contribution in [0.5, 0.6) is 0 Å². The summed E-state index contributed by atoms with van der Waals surface area (Å²) in [5.41, 5.74) is 6.06. The van der Waals surface area contributed by atoms with Crippen molar-refractivity contribution in [3.05, 3.63) is 18.0 Å². The third-order valence-corrected chi connectivity index (χ3v) is 2.18. The summed E-state index contributed by atoms with van der Waals surface area (Å²) in [6.07, 6.45) is 1.63. The highest BCUT2D eigenvalue weighted by Crippen LogP contribution is 2.02. The Morgan fingerprint density at radius 1 is 1.69 bits per heavy atom. The minimum atomic E-state index is 0.274. The fraction of sp³-hybridized carbons (Fsp3) is 0.500. The summed E-state index contributed by atoms with van der Waals surface area (Å²) in [6, 6.07) is 1.69. The fourth-order valence-electron chi connectivity index (χ4n) is 1.19. The van der Waals surface area contributed by atoms with Crippen molar-refractivity contribution in [2.24, 2.45) is 11.7 Å². The van der Waals surface area contributed by atoms with Gasteiger partial charge in [-0.25, -0.2) is 9.97 Å². The van der Waals surface area contributed by atoms with E-state index in [-0.39, 0.29) is 4.99 Å². The molecule has 0 aromatic carbocycles. The molecule has 1 aromatic heterocycles. The van der Waals surface area contributed by atoms with E-state index in [0.29, 0.717) is 24.2 Å². The van der Waals surface area contributed by atoms with Crippen molar-refractivity contribution >= 4 is 23.2 Å². The van der Waals surface area contributed by atoms with E-state index in [1.54, 1.807) is 19.4 Å². The zero-order valence-corrected chi connectivity index (χ0v) is 10.3. The number of methoxy groups -OCH3 is 1. The van der Waals surface area contributed by atoms with Gasteiger partial charge in [-0.3, -0.25) is 0 Å². The lowest BCUT2D eigenvalue weighted by Crippen LogP contribution is -2.18. The van der Waals surface area contributed by atoms with Gasteiger partial charge in [-0.1, -0.05) is 19.1 Å². The van der Waals surface area contributed by atoms with Gasteiger partial charge in [0.2, 0.25) is 5.95 Å². The van der Waals surface area contributed by atoms with Crippen molar-refractivity contribution in [3.63, 3.8) is 0 Å². The summed E-state index contributed by atoms with van der Waals surface area (Å²) in [7, 11) is 1.68. The van der Waals surface area contributed by atoms with Crippen LogP contribution in [-0.2, 0) is 4.74 Å². The second kappa shape index (κ2) is 6.34. The molecule has 0 aliphatic carbocycles. The largest absolute Gasteiger partial charge is 0.388 e. The molecule has 0 radical (unpaired) electrons. The summed E-state index contributed by atoms with van der Waals surface area (Å²) in [4.78, 5) is 8.52. The van der Waals surface area contributed by atoms with Gasteiger partial charge in [0.25, 0.3) is 0 Å². The Kier molecular flexibility index (Phi) is 5.07. The molecule has 1 rings (SSSR count). The molecular weight excluding hydrogens is 224 g/mol. The molecule has 1 unspecified atom stereocenters. The maximum atomic E-state index is 5.48. The summed E-state index contributed by atoms with van der Waals surface area (Å²) in [5, 5.41) is 3.11. The Balaban J connectivity index is 2.54. The van der Waals surface area contributed by atoms with E-state index < -0.39 is 0 Å². The highest BCUT2D eigenvalue weighted by atomic mass is 32.1. The summed E-state index contributed by atoms with van der Waals surface area (Å²) >= 11 is 4.84. The van der Waals surface area contributed by atoms with Crippen LogP contribution in [0.3, 0.4) is 0 Å². The van der Waals surface area contributed by atoms with Crippen LogP contribution in [0.2, 0.25) is 0 Å². The van der Waals surface area contributed by atoms with Gasteiger partial charge >= 0.3 is 0 Å². The Bertz CT molecular complexity index is 358. The number of nitrogens with zero attached hydrogens (tertiary/aromatic N) is 2. The van der Waals surface area contributed by atoms with E-state index in [4.69, 9.17) is 22.7 Å². The first-order valence-corrected chi connectivity index (χ1v) is 5.40. The molecule has 0 aliphatic heterocycles. The first kappa shape index (κ1) is 12.8. The number of thiocarbonyl (C=S) groups is 1. The zero-order chi connectivity index (χ0) is 12.0. The van der Waals surface area contributed by atoms with E-state index in [9.17, 15) is 0 Å². The predicted molar refractivity (Wildman–Crippen MR) is 67.4 cm³/mol. The van der Waals surface area contributed by atoms with Gasteiger partial charge in [-0.2, -0.15) is 0 Å². The molecule has 16 heavy (non-hydrogen) atoms. The first-order chi connectivity index (χ1) is 7.63. The maximum Gasteiger partial charge on any atom is 0.223 e. The minimum Gasteiger partial charge on any atom is -0.388 e. The number of hydrogen-bond donors (Lipinski definition) is 2. The lowest BCUT2D eigenvalue weighted by Gasteiger charge is -2.11. The number of aromatic nitrogens is 2. The van der Waals surface area contributed by atoms with Crippen molar-refractivity contribution in [1.82, 2.24) is 9.97 Å². The molecule has 88 valence electrons. The number of ether oxygens (including phenoxy) is 1. The van der Waals surface area contributed by atoms with Gasteiger partial charge < -0.3 is 15.8 Å². The topological polar surface area (TPSA) is 73.1 Å². The predicted octanol–water partition coefficient (Wildman–Crippen LogP) is 0.805. The van der Waals surface area contributed by atoms with Gasteiger partial charge in [-0.05, 0) is 12.0 Å². The lowest BCUT2D eigenvalue weighted by molar-refractivity contribution is 0.164. The molecule has 6 heteroatoms. The van der Waals surface area contributed by atoms with Crippen LogP contribution in [0, 0.1) is 5.92 Å². The lowest BCUT2D eigenvalue weighted by atomic mass is 10.2. The number of anilines is 1. The molecule has 3 N–H and O–H groups in total. The normalized spacial score (nSPS) is 12.1. The zero-order valence-electron chi connectivity index (χ0n) is 9.43. The summed E-state index contributed by atoms with van der Waals surface area (Å²) in [5.74, 6) is 0.926. The second-order valence-electron chi connectivity index (χ2n) is 3.57. The smallest absolute Gasteiger partial charge is 0.223 e. The minimum absolute atomic E-state index is 0.274. The maximum absolute atomic E-state index is 5.48. The van der Waals surface area contributed by atoms with Crippen molar-refractivity contribution in [1.29, 1.82) is 0 Å². The number of nitrogens with one attached hydrogen (secondary N) is 1. The molecule has 5 nitrogen and oxygen atoms in total. The van der Waals surface area contributed by atoms with E-state index in [1.165, 1.54) is 0 Å². The molecule has 0 amide bonds. The molecular formula is C10H16N4OS. The van der Waals surface area contributed by atoms with Gasteiger partial charge in [0.15, 0.2) is 0 Å². The molecule has 0 spiro atoms. The number of rotatable bonds is 6. The third-order valence-electron chi connectivity index (χ3n) is 1.97. The first-order valence-electron chi connectivity index (χ1n) is 4.99. The second-order valence-corrected chi connectivity index (χ2v) is 4.01. The van der Waals surface area contributed by atoms with Crippen LogP contribution in [0.25, 0.3) is 0 Å². The summed E-state index contributed by atoms with van der Waals surface area (Å²) < 4.78 is 5.03. The van der Waals surface area contributed by atoms with Crippen LogP contribution in [0.1, 0.15) is 12.6 Å². The Morgan fingerprint density at radius 3 is 3.06 bits per heavy atom. The third kappa shape index (κ3) is 4.08. The van der Waals surface area contributed by atoms with E-state index in [0.717, 1.165) is 6.54 Å². The molecule has 0 aliphatic rings. The Morgan fingerprint density at radius 2 is 2.44 bits per heavy atom. The van der Waals surface area contributed by atoms with Crippen LogP contribution in [-0.4, -0.2) is 35.2 Å². The highest BCUT2D eigenvalue weighted by molar-refractivity contribution is 7.80. The van der Waals surface area contributed by atoms with Crippen molar-refractivity contribution in [2.75, 3.05) is 25.6 Å². The molecule has 1 aromatic rings. The van der Waals surface area contributed by atoms with Crippen molar-refractivity contribution in [2.45, 2.75) is 6.92 Å². The van der Waals surface area contributed by atoms with Crippen LogP contribution in [0.4, 0.5) is 5.95 Å². The van der Waals surface area contributed by atoms with Gasteiger partial charge in [0, 0.05) is 19.9 Å². The Hall–Kier alpha value is -1.27. The van der Waals surface area contributed by atoms with Gasteiger partial charge in [0.1, 0.15) is 10.7 Å². The monoisotopic (exact) mass is 240 g/mol. The fourth-order valence-corrected chi connectivity index (χ4v) is 1.30. The van der Waals surface area contributed by atoms with E-state index in [2.05, 4.69) is 22.2 Å². The molecule has 1 heterocycles. The SMILES string of the molecule is COCC(C)CNc1nccc(C(N)=S)n1. The van der Waals surface area contributed by atoms with Crippen LogP contribution in [0.15, 0.2) is 12.3 Å². The van der Waals surface area contributed by atoms with Crippen molar-refractivity contribution < 1.29 is 4.74 Å². The molecule has 0 saturated carbocycles.